The summed E-state index contributed by atoms with van der Waals surface area (Å²) in [6.45, 7) is 9.52. The Hall–Kier alpha value is -1.57. The summed E-state index contributed by atoms with van der Waals surface area (Å²) in [6, 6.07) is 5.73. The average molecular weight is 190 g/mol. The molecule has 0 aromatic heterocycles. The Labute approximate surface area is 86.2 Å². The zero-order valence-corrected chi connectivity index (χ0v) is 9.12. The second kappa shape index (κ2) is 6.89. The average Bonchev–Trinajstić information content (AvgIpc) is 2.20. The molecule has 2 N–H and O–H groups in total. The van der Waals surface area contributed by atoms with Gasteiger partial charge in [-0.25, -0.2) is 0 Å². The molecule has 0 amide bonds. The van der Waals surface area contributed by atoms with Gasteiger partial charge in [-0.2, -0.15) is 0 Å². The Morgan fingerprint density at radius 2 is 2.00 bits per heavy atom. The van der Waals surface area contributed by atoms with Gasteiger partial charge in [-0.1, -0.05) is 38.6 Å². The minimum atomic E-state index is 0.702. The molecule has 0 atom stereocenters. The lowest BCUT2D eigenvalue weighted by atomic mass is 10.2. The lowest BCUT2D eigenvalue weighted by Crippen LogP contribution is -1.86. The van der Waals surface area contributed by atoms with Gasteiger partial charge in [0.1, 0.15) is 0 Å². The highest BCUT2D eigenvalue weighted by Crippen LogP contribution is 2.25. The van der Waals surface area contributed by atoms with E-state index in [1.54, 1.807) is 12.3 Å². The SMILES string of the molecule is C=CC=Nc1c(C)cccc1N.CC. The third-order valence-electron chi connectivity index (χ3n) is 1.58. The van der Waals surface area contributed by atoms with Crippen LogP contribution in [0.2, 0.25) is 0 Å². The third kappa shape index (κ3) is 3.44. The first kappa shape index (κ1) is 12.4. The van der Waals surface area contributed by atoms with Gasteiger partial charge in [0.25, 0.3) is 0 Å². The largest absolute Gasteiger partial charge is 0.397 e. The van der Waals surface area contributed by atoms with Crippen molar-refractivity contribution in [2.45, 2.75) is 20.8 Å². The maximum atomic E-state index is 5.71. The number of anilines is 1. The van der Waals surface area contributed by atoms with E-state index >= 15 is 0 Å². The van der Waals surface area contributed by atoms with Crippen molar-refractivity contribution in [3.8, 4) is 0 Å². The van der Waals surface area contributed by atoms with Crippen molar-refractivity contribution in [2.75, 3.05) is 5.73 Å². The monoisotopic (exact) mass is 190 g/mol. The summed E-state index contributed by atoms with van der Waals surface area (Å²) in [5.74, 6) is 0. The minimum Gasteiger partial charge on any atom is -0.397 e. The molecule has 1 aromatic rings. The van der Waals surface area contributed by atoms with Crippen LogP contribution < -0.4 is 5.73 Å². The van der Waals surface area contributed by atoms with Crippen LogP contribution in [0.15, 0.2) is 35.8 Å². The summed E-state index contributed by atoms with van der Waals surface area (Å²) in [7, 11) is 0. The number of nitrogens with zero attached hydrogens (tertiary/aromatic N) is 1. The third-order valence-corrected chi connectivity index (χ3v) is 1.58. The molecule has 0 aliphatic rings. The van der Waals surface area contributed by atoms with E-state index in [-0.39, 0.29) is 0 Å². The maximum Gasteiger partial charge on any atom is 0.0887 e. The van der Waals surface area contributed by atoms with Crippen LogP contribution in [0.3, 0.4) is 0 Å². The van der Waals surface area contributed by atoms with Crippen LogP contribution in [0, 0.1) is 6.92 Å². The number of rotatable bonds is 2. The van der Waals surface area contributed by atoms with E-state index in [1.807, 2.05) is 39.0 Å². The van der Waals surface area contributed by atoms with Crippen LogP contribution in [-0.4, -0.2) is 6.21 Å². The second-order valence-electron chi connectivity index (χ2n) is 2.53. The van der Waals surface area contributed by atoms with Crippen LogP contribution in [0.5, 0.6) is 0 Å². The highest BCUT2D eigenvalue weighted by atomic mass is 14.8. The van der Waals surface area contributed by atoms with Crippen LogP contribution in [0.1, 0.15) is 19.4 Å². The lowest BCUT2D eigenvalue weighted by molar-refractivity contribution is 1.41. The maximum absolute atomic E-state index is 5.71. The molecule has 76 valence electrons. The standard InChI is InChI=1S/C10H12N2.C2H6/c1-3-7-12-10-8(2)5-4-6-9(10)11;1-2/h3-7H,1,11H2,2H3;1-2H3. The summed E-state index contributed by atoms with van der Waals surface area (Å²) in [5.41, 5.74) is 8.32. The van der Waals surface area contributed by atoms with Crippen LogP contribution in [-0.2, 0) is 0 Å². The molecular weight excluding hydrogens is 172 g/mol. The van der Waals surface area contributed by atoms with Gasteiger partial charge in [0.15, 0.2) is 0 Å². The molecule has 0 bridgehead atoms. The molecular formula is C12H18N2. The highest BCUT2D eigenvalue weighted by molar-refractivity contribution is 5.78. The Bertz CT molecular complexity index is 294. The number of allylic oxidation sites excluding steroid dienone is 1. The Morgan fingerprint density at radius 3 is 2.50 bits per heavy atom. The predicted molar refractivity (Wildman–Crippen MR) is 65.3 cm³/mol. The molecule has 0 saturated heterocycles. The Balaban J connectivity index is 0.000000791. The van der Waals surface area contributed by atoms with Crippen molar-refractivity contribution in [1.82, 2.24) is 0 Å². The molecule has 0 radical (unpaired) electrons. The molecule has 0 unspecified atom stereocenters. The molecule has 0 aliphatic carbocycles. The molecule has 0 spiro atoms. The molecule has 1 rings (SSSR count). The molecule has 0 fully saturated rings. The summed E-state index contributed by atoms with van der Waals surface area (Å²) in [4.78, 5) is 4.16. The number of benzene rings is 1. The van der Waals surface area contributed by atoms with Crippen molar-refractivity contribution >= 4 is 17.6 Å². The predicted octanol–water partition coefficient (Wildman–Crippen LogP) is 3.49. The molecule has 2 heteroatoms. The highest BCUT2D eigenvalue weighted by Gasteiger charge is 1.97. The summed E-state index contributed by atoms with van der Waals surface area (Å²) in [5, 5.41) is 0. The van der Waals surface area contributed by atoms with Crippen molar-refractivity contribution in [2.24, 2.45) is 4.99 Å². The zero-order chi connectivity index (χ0) is 11.0. The first-order valence-corrected chi connectivity index (χ1v) is 4.76. The number of aliphatic imine (C=N–C) groups is 1. The first-order chi connectivity index (χ1) is 6.75. The fourth-order valence-electron chi connectivity index (χ4n) is 0.985. The van der Waals surface area contributed by atoms with Gasteiger partial charge < -0.3 is 5.73 Å². The Kier molecular flexibility index (Phi) is 6.12. The van der Waals surface area contributed by atoms with E-state index in [2.05, 4.69) is 11.6 Å². The first-order valence-electron chi connectivity index (χ1n) is 4.76. The second-order valence-corrected chi connectivity index (χ2v) is 2.53. The van der Waals surface area contributed by atoms with E-state index in [4.69, 9.17) is 5.73 Å². The number of hydrogen-bond acceptors (Lipinski definition) is 2. The summed E-state index contributed by atoms with van der Waals surface area (Å²) >= 11 is 0. The van der Waals surface area contributed by atoms with Gasteiger partial charge in [-0.15, -0.1) is 0 Å². The van der Waals surface area contributed by atoms with Crippen molar-refractivity contribution in [1.29, 1.82) is 0 Å². The quantitative estimate of drug-likeness (QED) is 0.562. The van der Waals surface area contributed by atoms with E-state index in [9.17, 15) is 0 Å². The number of nitrogens with two attached hydrogens (primary N) is 1. The summed E-state index contributed by atoms with van der Waals surface area (Å²) < 4.78 is 0. The van der Waals surface area contributed by atoms with Crippen LogP contribution >= 0.6 is 0 Å². The zero-order valence-electron chi connectivity index (χ0n) is 9.12. The lowest BCUT2D eigenvalue weighted by Gasteiger charge is -2.01. The van der Waals surface area contributed by atoms with Gasteiger partial charge in [-0.3, -0.25) is 4.99 Å². The number of nitrogen functional groups attached to an aromatic ring is 1. The van der Waals surface area contributed by atoms with Crippen molar-refractivity contribution < 1.29 is 0 Å². The normalized spacial score (nSPS) is 9.36. The topological polar surface area (TPSA) is 38.4 Å². The van der Waals surface area contributed by atoms with E-state index in [0.29, 0.717) is 5.69 Å². The van der Waals surface area contributed by atoms with Gasteiger partial charge in [0, 0.05) is 6.21 Å². The molecule has 14 heavy (non-hydrogen) atoms. The van der Waals surface area contributed by atoms with Gasteiger partial charge in [0.05, 0.1) is 11.4 Å². The Morgan fingerprint density at radius 1 is 1.36 bits per heavy atom. The van der Waals surface area contributed by atoms with Crippen LogP contribution in [0.4, 0.5) is 11.4 Å². The molecule has 0 saturated carbocycles. The van der Waals surface area contributed by atoms with Crippen molar-refractivity contribution in [3.05, 3.63) is 36.4 Å². The van der Waals surface area contributed by atoms with Gasteiger partial charge >= 0.3 is 0 Å². The minimum absolute atomic E-state index is 0.702. The number of aryl methyl sites for hydroxylation is 1. The fraction of sp³-hybridized carbons (Fsp3) is 0.250. The molecule has 2 nitrogen and oxygen atoms in total. The molecule has 0 heterocycles. The van der Waals surface area contributed by atoms with Crippen molar-refractivity contribution in [3.63, 3.8) is 0 Å². The molecule has 0 aliphatic heterocycles. The summed E-state index contributed by atoms with van der Waals surface area (Å²) in [6.07, 6.45) is 3.27. The van der Waals surface area contributed by atoms with Gasteiger partial charge in [0.2, 0.25) is 0 Å². The van der Waals surface area contributed by atoms with E-state index < -0.39 is 0 Å². The smallest absolute Gasteiger partial charge is 0.0887 e. The fourth-order valence-corrected chi connectivity index (χ4v) is 0.985. The van der Waals surface area contributed by atoms with Crippen LogP contribution in [0.25, 0.3) is 0 Å². The number of hydrogen-bond donors (Lipinski definition) is 1. The number of para-hydroxylation sites is 1. The molecule has 1 aromatic carbocycles. The van der Waals surface area contributed by atoms with E-state index in [1.165, 1.54) is 0 Å². The van der Waals surface area contributed by atoms with Gasteiger partial charge in [-0.05, 0) is 18.6 Å². The van der Waals surface area contributed by atoms with E-state index in [0.717, 1.165) is 11.3 Å².